The standard InChI is InChI=1S/C34H34O15S/c1-6-42-33(35)31-19(3)47-24-15-28(44-16-20-8-10-21(11-9-20)46-18-40-4)27(12-22(24)31)45-17-30-32(34(36)43-7-2)23-13-29(49-50(37,38)39)26(41-5)14-25(23)48-30/h8-15H,6-7,16-18H2,1-5H3,(H,37,38,39)/p-1. The number of fused-ring (bicyclic) bond motifs is 2. The molecule has 0 fully saturated rings. The van der Waals surface area contributed by atoms with Crippen molar-refractivity contribution in [2.45, 2.75) is 34.0 Å². The molecule has 0 aliphatic carbocycles. The molecule has 0 atom stereocenters. The number of benzene rings is 3. The van der Waals surface area contributed by atoms with Gasteiger partial charge in [-0.3, -0.25) is 0 Å². The van der Waals surface area contributed by atoms with E-state index in [1.54, 1.807) is 45.0 Å². The average Bonchev–Trinajstić information content (AvgIpc) is 3.59. The Labute approximate surface area is 286 Å². The molecule has 0 saturated carbocycles. The Hall–Kier alpha value is -5.45. The van der Waals surface area contributed by atoms with Crippen LogP contribution >= 0.6 is 0 Å². The Morgan fingerprint density at radius 3 is 1.96 bits per heavy atom. The van der Waals surface area contributed by atoms with Crippen molar-refractivity contribution in [3.05, 3.63) is 76.7 Å². The Bertz CT molecular complexity index is 2110. The third-order valence-corrected chi connectivity index (χ3v) is 7.53. The summed E-state index contributed by atoms with van der Waals surface area (Å²) in [5.41, 5.74) is 1.30. The lowest BCUT2D eigenvalue weighted by Crippen LogP contribution is -2.10. The zero-order chi connectivity index (χ0) is 36.0. The number of hydrogen-bond donors (Lipinski definition) is 0. The maximum Gasteiger partial charge on any atom is 0.342 e. The molecule has 266 valence electrons. The second kappa shape index (κ2) is 15.4. The minimum atomic E-state index is -5.19. The lowest BCUT2D eigenvalue weighted by Gasteiger charge is -2.14. The van der Waals surface area contributed by atoms with Crippen molar-refractivity contribution in [2.75, 3.05) is 34.2 Å². The molecule has 5 rings (SSSR count). The second-order valence-electron chi connectivity index (χ2n) is 10.4. The lowest BCUT2D eigenvalue weighted by atomic mass is 10.1. The summed E-state index contributed by atoms with van der Waals surface area (Å²) in [6.45, 7) is 4.89. The molecule has 16 heteroatoms. The molecule has 15 nitrogen and oxygen atoms in total. The van der Waals surface area contributed by atoms with Crippen LogP contribution < -0.4 is 23.1 Å². The van der Waals surface area contributed by atoms with E-state index in [1.807, 2.05) is 12.1 Å². The number of hydrogen-bond acceptors (Lipinski definition) is 15. The molecule has 0 radical (unpaired) electrons. The van der Waals surface area contributed by atoms with Crippen molar-refractivity contribution >= 4 is 44.3 Å². The van der Waals surface area contributed by atoms with E-state index >= 15 is 0 Å². The summed E-state index contributed by atoms with van der Waals surface area (Å²) in [5, 5.41) is 0.463. The molecule has 5 aromatic rings. The number of furan rings is 2. The van der Waals surface area contributed by atoms with Gasteiger partial charge in [-0.2, -0.15) is 0 Å². The van der Waals surface area contributed by atoms with Gasteiger partial charge in [0.2, 0.25) is 0 Å². The predicted molar refractivity (Wildman–Crippen MR) is 174 cm³/mol. The van der Waals surface area contributed by atoms with E-state index in [4.69, 9.17) is 42.0 Å². The van der Waals surface area contributed by atoms with E-state index in [0.717, 1.165) is 11.6 Å². The van der Waals surface area contributed by atoms with Crippen LogP contribution in [0.25, 0.3) is 21.9 Å². The monoisotopic (exact) mass is 713 g/mol. The van der Waals surface area contributed by atoms with Crippen molar-refractivity contribution < 1.29 is 68.7 Å². The predicted octanol–water partition coefficient (Wildman–Crippen LogP) is 5.83. The van der Waals surface area contributed by atoms with Gasteiger partial charge in [-0.25, -0.2) is 18.0 Å². The van der Waals surface area contributed by atoms with Crippen LogP contribution in [-0.4, -0.2) is 59.1 Å². The molecule has 0 bridgehead atoms. The molecule has 0 spiro atoms. The molecule has 0 aliphatic rings. The van der Waals surface area contributed by atoms with Gasteiger partial charge in [-0.05, 0) is 50.6 Å². The van der Waals surface area contributed by atoms with Crippen LogP contribution in [0, 0.1) is 6.92 Å². The normalized spacial score (nSPS) is 11.4. The maximum atomic E-state index is 13.2. The van der Waals surface area contributed by atoms with Gasteiger partial charge in [0.15, 0.2) is 35.6 Å². The van der Waals surface area contributed by atoms with E-state index < -0.39 is 28.1 Å². The molecular formula is C34H33O15S-. The lowest BCUT2D eigenvalue weighted by molar-refractivity contribution is 0.0510. The minimum absolute atomic E-state index is 0.00483. The van der Waals surface area contributed by atoms with Crippen LogP contribution in [0.15, 0.2) is 57.4 Å². The number of rotatable bonds is 16. The highest BCUT2D eigenvalue weighted by Gasteiger charge is 2.27. The number of ether oxygens (including phenoxy) is 7. The third kappa shape index (κ3) is 8.05. The fourth-order valence-electron chi connectivity index (χ4n) is 5.04. The zero-order valence-corrected chi connectivity index (χ0v) is 28.5. The first kappa shape index (κ1) is 35.8. The summed E-state index contributed by atoms with van der Waals surface area (Å²) in [6, 6.07) is 12.6. The molecule has 0 saturated heterocycles. The van der Waals surface area contributed by atoms with Crippen LogP contribution in [0.2, 0.25) is 0 Å². The van der Waals surface area contributed by atoms with Crippen LogP contribution in [0.5, 0.6) is 28.7 Å². The van der Waals surface area contributed by atoms with Crippen molar-refractivity contribution in [3.8, 4) is 28.7 Å². The Balaban J connectivity index is 1.55. The largest absolute Gasteiger partial charge is 0.716 e. The molecule has 2 heterocycles. The van der Waals surface area contributed by atoms with Gasteiger partial charge in [0, 0.05) is 30.0 Å². The third-order valence-electron chi connectivity index (χ3n) is 7.15. The molecule has 0 unspecified atom stereocenters. The molecule has 50 heavy (non-hydrogen) atoms. The summed E-state index contributed by atoms with van der Waals surface area (Å²) in [4.78, 5) is 26.0. The summed E-state index contributed by atoms with van der Waals surface area (Å²) < 4.78 is 88.9. The van der Waals surface area contributed by atoms with E-state index in [9.17, 15) is 22.6 Å². The molecule has 3 aromatic carbocycles. The highest BCUT2D eigenvalue weighted by molar-refractivity contribution is 7.81. The van der Waals surface area contributed by atoms with Crippen molar-refractivity contribution in [2.24, 2.45) is 0 Å². The molecule has 2 aromatic heterocycles. The van der Waals surface area contributed by atoms with Crippen LogP contribution in [-0.2, 0) is 37.8 Å². The topological polar surface area (TPSA) is 191 Å². The van der Waals surface area contributed by atoms with E-state index in [-0.39, 0.29) is 78.3 Å². The van der Waals surface area contributed by atoms with Crippen molar-refractivity contribution in [1.82, 2.24) is 0 Å². The fourth-order valence-corrected chi connectivity index (χ4v) is 5.39. The van der Waals surface area contributed by atoms with Crippen molar-refractivity contribution in [1.29, 1.82) is 0 Å². The number of aryl methyl sites for hydroxylation is 1. The van der Waals surface area contributed by atoms with Crippen molar-refractivity contribution in [3.63, 3.8) is 0 Å². The molecule has 0 N–H and O–H groups in total. The van der Waals surface area contributed by atoms with Gasteiger partial charge in [0.25, 0.3) is 10.4 Å². The van der Waals surface area contributed by atoms with Crippen LogP contribution in [0.4, 0.5) is 0 Å². The van der Waals surface area contributed by atoms with Gasteiger partial charge in [0.05, 0.1) is 20.3 Å². The van der Waals surface area contributed by atoms with Crippen LogP contribution in [0.3, 0.4) is 0 Å². The molecule has 0 aliphatic heterocycles. The molecular weight excluding hydrogens is 680 g/mol. The number of carbonyl (C=O) groups excluding carboxylic acids is 2. The van der Waals surface area contributed by atoms with E-state index in [0.29, 0.717) is 22.5 Å². The van der Waals surface area contributed by atoms with Gasteiger partial charge in [-0.15, -0.1) is 0 Å². The van der Waals surface area contributed by atoms with Gasteiger partial charge < -0.3 is 50.7 Å². The highest BCUT2D eigenvalue weighted by Crippen LogP contribution is 2.40. The summed E-state index contributed by atoms with van der Waals surface area (Å²) in [6.07, 6.45) is 0. The Kier molecular flexibility index (Phi) is 11.0. The average molecular weight is 714 g/mol. The molecule has 0 amide bonds. The smallest absolute Gasteiger partial charge is 0.342 e. The van der Waals surface area contributed by atoms with Crippen LogP contribution in [0.1, 0.15) is 51.6 Å². The highest BCUT2D eigenvalue weighted by atomic mass is 32.3. The first-order chi connectivity index (χ1) is 24.0. The van der Waals surface area contributed by atoms with Gasteiger partial charge in [0.1, 0.15) is 47.0 Å². The Morgan fingerprint density at radius 1 is 0.740 bits per heavy atom. The quantitative estimate of drug-likeness (QED) is 0.0513. The number of methoxy groups -OCH3 is 2. The Morgan fingerprint density at radius 2 is 1.32 bits per heavy atom. The summed E-state index contributed by atoms with van der Waals surface area (Å²) >= 11 is 0. The number of esters is 2. The van der Waals surface area contributed by atoms with E-state index in [2.05, 4.69) is 4.18 Å². The van der Waals surface area contributed by atoms with Gasteiger partial charge in [-0.1, -0.05) is 12.1 Å². The van der Waals surface area contributed by atoms with Gasteiger partial charge >= 0.3 is 11.9 Å². The fraction of sp³-hybridized carbons (Fsp3) is 0.294. The second-order valence-corrected chi connectivity index (χ2v) is 11.4. The first-order valence-electron chi connectivity index (χ1n) is 15.1. The first-order valence-corrected chi connectivity index (χ1v) is 16.5. The SMILES string of the molecule is CCOC(=O)c1c(C)oc2cc(OCc3ccc(OCOC)cc3)c(OCc3oc4cc(OC)c(OS(=O)(=O)[O-])cc4c3C(=O)OCC)cc12. The summed E-state index contributed by atoms with van der Waals surface area (Å²) in [5.74, 6) is -0.723. The maximum absolute atomic E-state index is 13.2. The minimum Gasteiger partial charge on any atom is -0.716 e. The zero-order valence-electron chi connectivity index (χ0n) is 27.7. The number of carbonyl (C=O) groups is 2. The van der Waals surface area contributed by atoms with E-state index in [1.165, 1.54) is 20.3 Å². The summed E-state index contributed by atoms with van der Waals surface area (Å²) in [7, 11) is -2.44.